The van der Waals surface area contributed by atoms with Gasteiger partial charge in [-0.15, -0.1) is 0 Å². The Morgan fingerprint density at radius 3 is 2.29 bits per heavy atom. The number of aromatic nitrogens is 1. The van der Waals surface area contributed by atoms with Crippen LogP contribution in [0.5, 0.6) is 0 Å². The first-order chi connectivity index (χ1) is 8.18. The molecule has 0 saturated heterocycles. The fourth-order valence-electron chi connectivity index (χ4n) is 1.72. The van der Waals surface area contributed by atoms with Crippen LogP contribution >= 0.6 is 0 Å². The zero-order chi connectivity index (χ0) is 12.3. The van der Waals surface area contributed by atoms with Crippen molar-refractivity contribution in [3.8, 4) is 11.3 Å². The zero-order valence-corrected chi connectivity index (χ0v) is 10.6. The normalized spacial score (nSPS) is 12.7. The van der Waals surface area contributed by atoms with Crippen LogP contribution in [0.2, 0.25) is 0 Å². The van der Waals surface area contributed by atoms with Crippen LogP contribution in [-0.2, 0) is 0 Å². The van der Waals surface area contributed by atoms with Crippen LogP contribution in [0.3, 0.4) is 0 Å². The quantitative estimate of drug-likeness (QED) is 0.797. The third kappa shape index (κ3) is 2.71. The Morgan fingerprint density at radius 2 is 1.65 bits per heavy atom. The Kier molecular flexibility index (Phi) is 3.55. The molecule has 1 unspecified atom stereocenters. The molecule has 0 aliphatic heterocycles. The summed E-state index contributed by atoms with van der Waals surface area (Å²) in [6.07, 6.45) is 0. The van der Waals surface area contributed by atoms with E-state index in [4.69, 9.17) is 4.98 Å². The Balaban J connectivity index is 2.35. The second-order valence-electron chi connectivity index (χ2n) is 4.45. The summed E-state index contributed by atoms with van der Waals surface area (Å²) in [7, 11) is 4.14. The van der Waals surface area contributed by atoms with Gasteiger partial charge in [-0.2, -0.15) is 0 Å². The second-order valence-corrected chi connectivity index (χ2v) is 4.45. The molecule has 0 bridgehead atoms. The van der Waals surface area contributed by atoms with Gasteiger partial charge in [0.15, 0.2) is 0 Å². The molecule has 2 nitrogen and oxygen atoms in total. The van der Waals surface area contributed by atoms with E-state index in [0.29, 0.717) is 6.04 Å². The SMILES string of the molecule is CC(c1cccc(-c2ccccc2)n1)N(C)C. The summed E-state index contributed by atoms with van der Waals surface area (Å²) in [6.45, 7) is 2.16. The van der Waals surface area contributed by atoms with Crippen LogP contribution in [0.1, 0.15) is 18.7 Å². The molecule has 2 aromatic rings. The number of hydrogen-bond donors (Lipinski definition) is 0. The summed E-state index contributed by atoms with van der Waals surface area (Å²) >= 11 is 0. The number of pyridine rings is 1. The summed E-state index contributed by atoms with van der Waals surface area (Å²) in [5.74, 6) is 0. The first kappa shape index (κ1) is 11.8. The van der Waals surface area contributed by atoms with Gasteiger partial charge in [0.2, 0.25) is 0 Å². The molecule has 0 aliphatic rings. The van der Waals surface area contributed by atoms with Gasteiger partial charge < -0.3 is 4.90 Å². The standard InChI is InChI=1S/C15H18N2/c1-12(17(2)3)14-10-7-11-15(16-14)13-8-5-4-6-9-13/h4-12H,1-3H3. The predicted octanol–water partition coefficient (Wildman–Crippen LogP) is 3.37. The van der Waals surface area contributed by atoms with Crippen molar-refractivity contribution in [1.82, 2.24) is 9.88 Å². The topological polar surface area (TPSA) is 16.1 Å². The van der Waals surface area contributed by atoms with Gasteiger partial charge in [-0.1, -0.05) is 36.4 Å². The number of rotatable bonds is 3. The summed E-state index contributed by atoms with van der Waals surface area (Å²) in [5, 5.41) is 0. The van der Waals surface area contributed by atoms with Crippen LogP contribution in [-0.4, -0.2) is 24.0 Å². The van der Waals surface area contributed by atoms with Gasteiger partial charge in [0.05, 0.1) is 11.4 Å². The second kappa shape index (κ2) is 5.11. The highest BCUT2D eigenvalue weighted by atomic mass is 15.1. The van der Waals surface area contributed by atoms with E-state index in [0.717, 1.165) is 11.4 Å². The minimum atomic E-state index is 0.332. The van der Waals surface area contributed by atoms with Gasteiger partial charge in [0, 0.05) is 11.6 Å². The van der Waals surface area contributed by atoms with E-state index in [1.54, 1.807) is 0 Å². The number of hydrogen-bond acceptors (Lipinski definition) is 2. The fourth-order valence-corrected chi connectivity index (χ4v) is 1.72. The van der Waals surface area contributed by atoms with Crippen LogP contribution in [0.25, 0.3) is 11.3 Å². The Bertz CT molecular complexity index is 477. The molecule has 1 heterocycles. The molecule has 2 rings (SSSR count). The first-order valence-corrected chi connectivity index (χ1v) is 5.87. The summed E-state index contributed by atoms with van der Waals surface area (Å²) < 4.78 is 0. The lowest BCUT2D eigenvalue weighted by molar-refractivity contribution is 0.315. The molecule has 17 heavy (non-hydrogen) atoms. The zero-order valence-electron chi connectivity index (χ0n) is 10.6. The molecule has 1 aromatic carbocycles. The van der Waals surface area contributed by atoms with Gasteiger partial charge in [-0.3, -0.25) is 4.98 Å². The maximum atomic E-state index is 4.72. The molecule has 88 valence electrons. The highest BCUT2D eigenvalue weighted by Gasteiger charge is 2.09. The molecule has 1 aromatic heterocycles. The fraction of sp³-hybridized carbons (Fsp3) is 0.267. The molecule has 0 spiro atoms. The largest absolute Gasteiger partial charge is 0.301 e. The Hall–Kier alpha value is -1.67. The van der Waals surface area contributed by atoms with E-state index < -0.39 is 0 Å². The number of nitrogens with zero attached hydrogens (tertiary/aromatic N) is 2. The summed E-state index contributed by atoms with van der Waals surface area (Å²) in [6, 6.07) is 16.8. The van der Waals surface area contributed by atoms with Gasteiger partial charge in [-0.25, -0.2) is 0 Å². The van der Waals surface area contributed by atoms with E-state index in [1.807, 2.05) is 18.2 Å². The van der Waals surface area contributed by atoms with Crippen molar-refractivity contribution in [3.05, 3.63) is 54.2 Å². The maximum Gasteiger partial charge on any atom is 0.0706 e. The van der Waals surface area contributed by atoms with Crippen molar-refractivity contribution < 1.29 is 0 Å². The Morgan fingerprint density at radius 1 is 0.941 bits per heavy atom. The highest BCUT2D eigenvalue weighted by Crippen LogP contribution is 2.20. The van der Waals surface area contributed by atoms with E-state index in [-0.39, 0.29) is 0 Å². The van der Waals surface area contributed by atoms with E-state index in [1.165, 1.54) is 5.56 Å². The minimum absolute atomic E-state index is 0.332. The van der Waals surface area contributed by atoms with Crippen molar-refractivity contribution in [2.45, 2.75) is 13.0 Å². The molecule has 2 heteroatoms. The minimum Gasteiger partial charge on any atom is -0.301 e. The molecule has 0 saturated carbocycles. The van der Waals surface area contributed by atoms with Crippen molar-refractivity contribution in [1.29, 1.82) is 0 Å². The lowest BCUT2D eigenvalue weighted by atomic mass is 10.1. The average molecular weight is 226 g/mol. The maximum absolute atomic E-state index is 4.72. The van der Waals surface area contributed by atoms with Gasteiger partial charge in [0.1, 0.15) is 0 Å². The van der Waals surface area contributed by atoms with Gasteiger partial charge >= 0.3 is 0 Å². The summed E-state index contributed by atoms with van der Waals surface area (Å²) in [4.78, 5) is 6.89. The third-order valence-electron chi connectivity index (χ3n) is 3.04. The smallest absolute Gasteiger partial charge is 0.0706 e. The monoisotopic (exact) mass is 226 g/mol. The predicted molar refractivity (Wildman–Crippen MR) is 71.8 cm³/mol. The molecule has 0 amide bonds. The molecular weight excluding hydrogens is 208 g/mol. The highest BCUT2D eigenvalue weighted by molar-refractivity contribution is 5.58. The lowest BCUT2D eigenvalue weighted by Gasteiger charge is -2.19. The first-order valence-electron chi connectivity index (χ1n) is 5.87. The molecule has 1 atom stereocenters. The van der Waals surface area contributed by atoms with E-state index >= 15 is 0 Å². The molecular formula is C15H18N2. The van der Waals surface area contributed by atoms with Crippen LogP contribution in [0.15, 0.2) is 48.5 Å². The molecule has 0 fully saturated rings. The van der Waals surface area contributed by atoms with E-state index in [9.17, 15) is 0 Å². The Labute approximate surface area is 103 Å². The van der Waals surface area contributed by atoms with Crippen molar-refractivity contribution in [3.63, 3.8) is 0 Å². The van der Waals surface area contributed by atoms with Gasteiger partial charge in [0.25, 0.3) is 0 Å². The average Bonchev–Trinajstić information content (AvgIpc) is 2.39. The third-order valence-corrected chi connectivity index (χ3v) is 3.04. The van der Waals surface area contributed by atoms with Crippen molar-refractivity contribution in [2.75, 3.05) is 14.1 Å². The van der Waals surface area contributed by atoms with Crippen molar-refractivity contribution >= 4 is 0 Å². The van der Waals surface area contributed by atoms with Crippen molar-refractivity contribution in [2.24, 2.45) is 0 Å². The molecule has 0 aliphatic carbocycles. The van der Waals surface area contributed by atoms with E-state index in [2.05, 4.69) is 56.3 Å². The van der Waals surface area contributed by atoms with Crippen LogP contribution in [0.4, 0.5) is 0 Å². The van der Waals surface area contributed by atoms with Gasteiger partial charge in [-0.05, 0) is 33.2 Å². The lowest BCUT2D eigenvalue weighted by Crippen LogP contribution is -2.17. The molecule has 0 radical (unpaired) electrons. The van der Waals surface area contributed by atoms with Crippen LogP contribution < -0.4 is 0 Å². The molecule has 0 N–H and O–H groups in total. The van der Waals surface area contributed by atoms with Crippen LogP contribution in [0, 0.1) is 0 Å². The number of benzene rings is 1. The summed E-state index contributed by atoms with van der Waals surface area (Å²) in [5.41, 5.74) is 3.31.